The van der Waals surface area contributed by atoms with E-state index in [1.165, 1.54) is 14.0 Å². The smallest absolute Gasteiger partial charge is 0.243 e. The SMILES string of the molecule is CC.CC.CC(=O)CN(C)S(=O)(=O)c1ccc(C)cc1. The molecule has 0 amide bonds. The first kappa shape index (κ1) is 21.1. The van der Waals surface area contributed by atoms with Crippen LogP contribution in [0.1, 0.15) is 40.2 Å². The van der Waals surface area contributed by atoms with Crippen LogP contribution in [0.15, 0.2) is 29.2 Å². The van der Waals surface area contributed by atoms with Crippen LogP contribution >= 0.6 is 0 Å². The molecule has 5 heteroatoms. The van der Waals surface area contributed by atoms with E-state index in [2.05, 4.69) is 0 Å². The molecule has 0 spiro atoms. The molecule has 116 valence electrons. The molecule has 0 heterocycles. The Labute approximate surface area is 123 Å². The van der Waals surface area contributed by atoms with Gasteiger partial charge in [0.2, 0.25) is 10.0 Å². The molecule has 0 bridgehead atoms. The van der Waals surface area contributed by atoms with Crippen LogP contribution in [0.4, 0.5) is 0 Å². The number of ketones is 1. The Kier molecular flexibility index (Phi) is 11.2. The number of hydrogen-bond acceptors (Lipinski definition) is 3. The molecule has 4 nitrogen and oxygen atoms in total. The van der Waals surface area contributed by atoms with Crippen LogP contribution in [0.2, 0.25) is 0 Å². The highest BCUT2D eigenvalue weighted by molar-refractivity contribution is 7.89. The van der Waals surface area contributed by atoms with Crippen molar-refractivity contribution in [2.45, 2.75) is 46.4 Å². The van der Waals surface area contributed by atoms with E-state index in [9.17, 15) is 13.2 Å². The number of aryl methyl sites for hydroxylation is 1. The van der Waals surface area contributed by atoms with Crippen molar-refractivity contribution in [3.05, 3.63) is 29.8 Å². The third-order valence-corrected chi connectivity index (χ3v) is 3.99. The van der Waals surface area contributed by atoms with Crippen LogP contribution in [0.3, 0.4) is 0 Å². The van der Waals surface area contributed by atoms with Gasteiger partial charge in [0.25, 0.3) is 0 Å². The zero-order valence-electron chi connectivity index (χ0n) is 13.6. The Morgan fingerprint density at radius 2 is 1.45 bits per heavy atom. The van der Waals surface area contributed by atoms with Gasteiger partial charge in [-0.05, 0) is 26.0 Å². The van der Waals surface area contributed by atoms with Gasteiger partial charge in [0, 0.05) is 7.05 Å². The van der Waals surface area contributed by atoms with Crippen molar-refractivity contribution >= 4 is 15.8 Å². The molecule has 0 saturated carbocycles. The van der Waals surface area contributed by atoms with Gasteiger partial charge in [-0.2, -0.15) is 4.31 Å². The summed E-state index contributed by atoms with van der Waals surface area (Å²) >= 11 is 0. The van der Waals surface area contributed by atoms with Crippen LogP contribution in [0, 0.1) is 6.92 Å². The molecule has 0 atom stereocenters. The number of nitrogens with zero attached hydrogens (tertiary/aromatic N) is 1. The monoisotopic (exact) mass is 301 g/mol. The maximum Gasteiger partial charge on any atom is 0.243 e. The Morgan fingerprint density at radius 1 is 1.05 bits per heavy atom. The lowest BCUT2D eigenvalue weighted by atomic mass is 10.2. The number of carbonyl (C=O) groups is 1. The second-order valence-corrected chi connectivity index (χ2v) is 5.82. The van der Waals surface area contributed by atoms with Crippen molar-refractivity contribution in [1.29, 1.82) is 0 Å². The summed E-state index contributed by atoms with van der Waals surface area (Å²) in [5.41, 5.74) is 0.994. The second kappa shape index (κ2) is 10.6. The lowest BCUT2D eigenvalue weighted by Crippen LogP contribution is -2.31. The van der Waals surface area contributed by atoms with Crippen molar-refractivity contribution in [3.8, 4) is 0 Å². The summed E-state index contributed by atoms with van der Waals surface area (Å²) in [7, 11) is -2.14. The standard InChI is InChI=1S/C11H15NO3S.2C2H6/c1-9-4-6-11(7-5-9)16(14,15)12(3)8-10(2)13;2*1-2/h4-7H,8H2,1-3H3;2*1-2H3. The van der Waals surface area contributed by atoms with Gasteiger partial charge in [0.1, 0.15) is 5.78 Å². The quantitative estimate of drug-likeness (QED) is 0.857. The molecular weight excluding hydrogens is 274 g/mol. The summed E-state index contributed by atoms with van der Waals surface area (Å²) in [6.07, 6.45) is 0. The fraction of sp³-hybridized carbons (Fsp3) is 0.533. The average molecular weight is 301 g/mol. The lowest BCUT2D eigenvalue weighted by molar-refractivity contribution is -0.117. The van der Waals surface area contributed by atoms with Crippen molar-refractivity contribution < 1.29 is 13.2 Å². The van der Waals surface area contributed by atoms with Gasteiger partial charge in [0.15, 0.2) is 0 Å². The van der Waals surface area contributed by atoms with Gasteiger partial charge < -0.3 is 0 Å². The maximum atomic E-state index is 12.0. The van der Waals surface area contributed by atoms with Crippen molar-refractivity contribution in [3.63, 3.8) is 0 Å². The van der Waals surface area contributed by atoms with Crippen molar-refractivity contribution in [2.75, 3.05) is 13.6 Å². The highest BCUT2D eigenvalue weighted by atomic mass is 32.2. The summed E-state index contributed by atoms with van der Waals surface area (Å²) in [6.45, 7) is 11.1. The van der Waals surface area contributed by atoms with E-state index in [-0.39, 0.29) is 17.2 Å². The molecule has 1 aromatic rings. The van der Waals surface area contributed by atoms with E-state index < -0.39 is 10.0 Å². The molecule has 0 aliphatic heterocycles. The first-order chi connectivity index (χ1) is 9.34. The predicted octanol–water partition coefficient (Wildman–Crippen LogP) is 3.26. The van der Waals surface area contributed by atoms with Gasteiger partial charge in [0.05, 0.1) is 11.4 Å². The number of benzene rings is 1. The number of carbonyl (C=O) groups excluding carboxylic acids is 1. The number of likely N-dealkylation sites (N-methyl/N-ethyl adjacent to an activating group) is 1. The fourth-order valence-corrected chi connectivity index (χ4v) is 2.48. The molecule has 0 fully saturated rings. The number of Topliss-reactive ketones (excluding diaryl/α,β-unsaturated/α-hetero) is 1. The minimum absolute atomic E-state index is 0.101. The summed E-state index contributed by atoms with van der Waals surface area (Å²) in [4.78, 5) is 11.1. The minimum atomic E-state index is -3.54. The summed E-state index contributed by atoms with van der Waals surface area (Å²) in [6, 6.07) is 6.55. The molecule has 0 aliphatic rings. The number of sulfonamides is 1. The number of rotatable bonds is 4. The molecule has 1 aromatic carbocycles. The van der Waals surface area contributed by atoms with E-state index >= 15 is 0 Å². The lowest BCUT2D eigenvalue weighted by Gasteiger charge is -2.15. The van der Waals surface area contributed by atoms with Crippen molar-refractivity contribution in [1.82, 2.24) is 4.31 Å². The maximum absolute atomic E-state index is 12.0. The van der Waals surface area contributed by atoms with Crippen LogP contribution in [-0.2, 0) is 14.8 Å². The molecule has 0 N–H and O–H groups in total. The van der Waals surface area contributed by atoms with Crippen LogP contribution in [0.5, 0.6) is 0 Å². The Morgan fingerprint density at radius 3 is 1.80 bits per heavy atom. The van der Waals surface area contributed by atoms with E-state index in [1.807, 2.05) is 34.6 Å². The molecule has 1 rings (SSSR count). The highest BCUT2D eigenvalue weighted by Gasteiger charge is 2.21. The molecular formula is C15H27NO3S. The van der Waals surface area contributed by atoms with Gasteiger partial charge in [-0.3, -0.25) is 4.79 Å². The minimum Gasteiger partial charge on any atom is -0.299 e. The largest absolute Gasteiger partial charge is 0.299 e. The molecule has 0 unspecified atom stereocenters. The molecule has 0 aliphatic carbocycles. The third kappa shape index (κ3) is 6.82. The fourth-order valence-electron chi connectivity index (χ4n) is 1.29. The van der Waals surface area contributed by atoms with Crippen molar-refractivity contribution in [2.24, 2.45) is 0 Å². The first-order valence-electron chi connectivity index (χ1n) is 6.86. The van der Waals surface area contributed by atoms with Gasteiger partial charge in [-0.1, -0.05) is 45.4 Å². The first-order valence-corrected chi connectivity index (χ1v) is 8.30. The van der Waals surface area contributed by atoms with Crippen LogP contribution in [0.25, 0.3) is 0 Å². The van der Waals surface area contributed by atoms with Gasteiger partial charge in [-0.25, -0.2) is 8.42 Å². The Balaban J connectivity index is 0. The van der Waals surface area contributed by atoms with Gasteiger partial charge in [-0.15, -0.1) is 0 Å². The number of hydrogen-bond donors (Lipinski definition) is 0. The van der Waals surface area contributed by atoms with Gasteiger partial charge >= 0.3 is 0 Å². The highest BCUT2D eigenvalue weighted by Crippen LogP contribution is 2.14. The Bertz CT molecular complexity index is 478. The Hall–Kier alpha value is -1.20. The zero-order valence-corrected chi connectivity index (χ0v) is 14.4. The van der Waals surface area contributed by atoms with E-state index in [4.69, 9.17) is 0 Å². The topological polar surface area (TPSA) is 54.5 Å². The summed E-state index contributed by atoms with van der Waals surface area (Å²) in [5.74, 6) is -0.182. The predicted molar refractivity (Wildman–Crippen MR) is 84.4 cm³/mol. The molecule has 0 aromatic heterocycles. The molecule has 0 radical (unpaired) electrons. The molecule has 0 saturated heterocycles. The van der Waals surface area contributed by atoms with Crippen LogP contribution in [-0.4, -0.2) is 32.1 Å². The van der Waals surface area contributed by atoms with E-state index in [0.717, 1.165) is 9.87 Å². The normalized spacial score (nSPS) is 10.0. The van der Waals surface area contributed by atoms with E-state index in [1.54, 1.807) is 24.3 Å². The second-order valence-electron chi connectivity index (χ2n) is 3.78. The third-order valence-electron chi connectivity index (χ3n) is 2.17. The van der Waals surface area contributed by atoms with E-state index in [0.29, 0.717) is 0 Å². The zero-order chi connectivity index (χ0) is 16.3. The average Bonchev–Trinajstić information content (AvgIpc) is 2.43. The summed E-state index contributed by atoms with van der Waals surface area (Å²) < 4.78 is 25.0. The molecule has 20 heavy (non-hydrogen) atoms. The van der Waals surface area contributed by atoms with Crippen LogP contribution < -0.4 is 0 Å². The summed E-state index contributed by atoms with van der Waals surface area (Å²) in [5, 5.41) is 0.